The minimum Gasteiger partial charge on any atom is -0.369 e. The molecule has 1 aromatic heterocycles. The number of hydrogen-bond acceptors (Lipinski definition) is 11. The molecule has 63 heavy (non-hydrogen) atoms. The van der Waals surface area contributed by atoms with Crippen molar-refractivity contribution in [3.63, 3.8) is 0 Å². The first-order valence-electron chi connectivity index (χ1n) is 21.6. The van der Waals surface area contributed by atoms with Crippen LogP contribution in [0.15, 0.2) is 79.5 Å². The summed E-state index contributed by atoms with van der Waals surface area (Å²) >= 11 is 0. The van der Waals surface area contributed by atoms with Crippen LogP contribution in [-0.4, -0.2) is 126 Å². The van der Waals surface area contributed by atoms with E-state index in [1.807, 2.05) is 31.2 Å². The van der Waals surface area contributed by atoms with E-state index in [0.29, 0.717) is 41.5 Å². The molecule has 0 aliphatic carbocycles. The zero-order chi connectivity index (χ0) is 43.9. The number of anilines is 4. The molecule has 4 fully saturated rings. The predicted octanol–water partition coefficient (Wildman–Crippen LogP) is 4.98. The Kier molecular flexibility index (Phi) is 11.3. The topological polar surface area (TPSA) is 166 Å². The number of imide groups is 2. The summed E-state index contributed by atoms with van der Waals surface area (Å²) in [4.78, 5) is 80.4. The fraction of sp³-hybridized carbons (Fsp3) is 0.383. The normalized spacial score (nSPS) is 22.3. The van der Waals surface area contributed by atoms with E-state index in [1.165, 1.54) is 6.07 Å². The summed E-state index contributed by atoms with van der Waals surface area (Å²) in [5.41, 5.74) is 4.39. The maximum atomic E-state index is 15.7. The fourth-order valence-electron chi connectivity index (χ4n) is 9.87. The van der Waals surface area contributed by atoms with Crippen LogP contribution in [0.1, 0.15) is 58.9 Å². The van der Waals surface area contributed by atoms with Gasteiger partial charge in [-0.15, -0.1) is 6.58 Å². The summed E-state index contributed by atoms with van der Waals surface area (Å²) in [6, 6.07) is 18.2. The number of pyridine rings is 1. The Bertz CT molecular complexity index is 2560. The molecule has 4 saturated heterocycles. The quantitative estimate of drug-likeness (QED) is 0.182. The number of benzene rings is 3. The lowest BCUT2D eigenvalue weighted by atomic mass is 9.95. The molecule has 3 atom stereocenters. The predicted molar refractivity (Wildman–Crippen MR) is 236 cm³/mol. The summed E-state index contributed by atoms with van der Waals surface area (Å²) in [6.07, 6.45) is 5.46. The van der Waals surface area contributed by atoms with Crippen molar-refractivity contribution in [1.29, 1.82) is 5.26 Å². The Morgan fingerprint density at radius 1 is 0.921 bits per heavy atom. The van der Waals surface area contributed by atoms with E-state index < -0.39 is 29.7 Å². The monoisotopic (exact) mass is 852 g/mol. The van der Waals surface area contributed by atoms with Crippen LogP contribution in [0.3, 0.4) is 0 Å². The minimum atomic E-state index is -0.994. The van der Waals surface area contributed by atoms with Crippen LogP contribution >= 0.6 is 0 Å². The number of urea groups is 1. The van der Waals surface area contributed by atoms with Crippen molar-refractivity contribution < 1.29 is 28.4 Å². The third-order valence-corrected chi connectivity index (χ3v) is 13.3. The first-order valence-corrected chi connectivity index (χ1v) is 21.6. The summed E-state index contributed by atoms with van der Waals surface area (Å²) in [7, 11) is 0. The SMILES string of the molecule is C=C[C@@H]1CN(c2ccc(C#N)c3ncccc23)C(C)CN1C(=O)Nc1ccc(N2CCC(CN3CCN(c4ccc5c(c4)C(=O)N(C4CCC(=O)NC4=O)C5=O)CC3)CC2)c(F)c1. The van der Waals surface area contributed by atoms with Crippen LogP contribution in [-0.2, 0) is 9.59 Å². The number of nitrogens with zero attached hydrogens (tertiary/aromatic N) is 8. The molecule has 4 aromatic rings. The number of carbonyl (C=O) groups excluding carboxylic acids is 5. The lowest BCUT2D eigenvalue weighted by molar-refractivity contribution is -0.136. The molecule has 0 spiro atoms. The van der Waals surface area contributed by atoms with Crippen LogP contribution in [0.5, 0.6) is 0 Å². The molecular weight excluding hydrogens is 804 g/mol. The number of piperazine rings is 2. The number of piperidine rings is 2. The number of nitrogens with one attached hydrogen (secondary N) is 2. The van der Waals surface area contributed by atoms with Gasteiger partial charge in [-0.3, -0.25) is 39.3 Å². The molecule has 2 N–H and O–H groups in total. The minimum absolute atomic E-state index is 0.0598. The number of amides is 6. The summed E-state index contributed by atoms with van der Waals surface area (Å²) in [5.74, 6) is -1.97. The van der Waals surface area contributed by atoms with E-state index in [1.54, 1.807) is 47.5 Å². The lowest BCUT2D eigenvalue weighted by Gasteiger charge is -2.45. The highest BCUT2D eigenvalue weighted by atomic mass is 19.1. The van der Waals surface area contributed by atoms with Gasteiger partial charge in [0.05, 0.1) is 33.9 Å². The van der Waals surface area contributed by atoms with Gasteiger partial charge >= 0.3 is 6.03 Å². The van der Waals surface area contributed by atoms with Crippen molar-refractivity contribution in [3.8, 4) is 6.07 Å². The number of carbonyl (C=O) groups is 5. The van der Waals surface area contributed by atoms with Gasteiger partial charge in [-0.1, -0.05) is 6.08 Å². The lowest BCUT2D eigenvalue weighted by Crippen LogP contribution is -2.59. The number of halogens is 1. The zero-order valence-corrected chi connectivity index (χ0v) is 35.1. The van der Waals surface area contributed by atoms with E-state index in [-0.39, 0.29) is 47.9 Å². The second-order valence-electron chi connectivity index (χ2n) is 17.1. The zero-order valence-electron chi connectivity index (χ0n) is 35.1. The van der Waals surface area contributed by atoms with Gasteiger partial charge in [-0.05, 0) is 92.8 Å². The third-order valence-electron chi connectivity index (χ3n) is 13.3. The van der Waals surface area contributed by atoms with E-state index in [2.05, 4.69) is 47.9 Å². The third kappa shape index (κ3) is 7.93. The number of fused-ring (bicyclic) bond motifs is 2. The number of rotatable bonds is 8. The Labute approximate surface area is 364 Å². The molecular formula is C47H49FN10O5. The molecule has 2 unspecified atom stereocenters. The van der Waals surface area contributed by atoms with Crippen LogP contribution in [0.4, 0.5) is 31.9 Å². The highest BCUT2D eigenvalue weighted by Crippen LogP contribution is 2.34. The molecule has 9 rings (SSSR count). The Hall–Kier alpha value is -6.86. The van der Waals surface area contributed by atoms with Crippen LogP contribution in [0.25, 0.3) is 10.9 Å². The second-order valence-corrected chi connectivity index (χ2v) is 17.1. The van der Waals surface area contributed by atoms with E-state index >= 15 is 4.39 Å². The number of aromatic nitrogens is 1. The molecule has 5 aliphatic rings. The maximum Gasteiger partial charge on any atom is 0.322 e. The highest BCUT2D eigenvalue weighted by molar-refractivity contribution is 6.23. The van der Waals surface area contributed by atoms with Gasteiger partial charge in [0.1, 0.15) is 17.9 Å². The molecule has 0 saturated carbocycles. The molecule has 3 aromatic carbocycles. The Balaban J connectivity index is 0.750. The first kappa shape index (κ1) is 41.5. The van der Waals surface area contributed by atoms with Gasteiger partial charge in [0, 0.05) is 100 Å². The molecule has 0 bridgehead atoms. The maximum absolute atomic E-state index is 15.7. The van der Waals surface area contributed by atoms with Gasteiger partial charge in [-0.25, -0.2) is 9.18 Å². The van der Waals surface area contributed by atoms with Crippen LogP contribution in [0, 0.1) is 23.1 Å². The van der Waals surface area contributed by atoms with Gasteiger partial charge in [0.25, 0.3) is 11.8 Å². The highest BCUT2D eigenvalue weighted by Gasteiger charge is 2.45. The average Bonchev–Trinajstić information content (AvgIpc) is 3.54. The Morgan fingerprint density at radius 2 is 1.68 bits per heavy atom. The van der Waals surface area contributed by atoms with Crippen molar-refractivity contribution in [2.45, 2.75) is 50.7 Å². The van der Waals surface area contributed by atoms with Gasteiger partial charge in [0.2, 0.25) is 11.8 Å². The van der Waals surface area contributed by atoms with E-state index in [4.69, 9.17) is 0 Å². The van der Waals surface area contributed by atoms with Gasteiger partial charge < -0.3 is 24.9 Å². The largest absolute Gasteiger partial charge is 0.369 e. The number of hydrogen-bond donors (Lipinski definition) is 2. The molecule has 5 aliphatic heterocycles. The Morgan fingerprint density at radius 3 is 2.41 bits per heavy atom. The van der Waals surface area contributed by atoms with Crippen molar-refractivity contribution in [2.75, 3.05) is 78.9 Å². The van der Waals surface area contributed by atoms with Gasteiger partial charge in [-0.2, -0.15) is 5.26 Å². The van der Waals surface area contributed by atoms with Crippen LogP contribution < -0.4 is 25.3 Å². The molecule has 0 radical (unpaired) electrons. The first-order chi connectivity index (χ1) is 30.5. The van der Waals surface area contributed by atoms with Crippen molar-refractivity contribution in [2.24, 2.45) is 5.92 Å². The van der Waals surface area contributed by atoms with Crippen molar-refractivity contribution in [3.05, 3.63) is 102 Å². The summed E-state index contributed by atoms with van der Waals surface area (Å²) in [6.45, 7) is 12.5. The van der Waals surface area contributed by atoms with Crippen LogP contribution in [0.2, 0.25) is 0 Å². The summed E-state index contributed by atoms with van der Waals surface area (Å²) in [5, 5.41) is 15.6. The summed E-state index contributed by atoms with van der Waals surface area (Å²) < 4.78 is 15.7. The smallest absolute Gasteiger partial charge is 0.322 e. The molecule has 16 heteroatoms. The molecule has 324 valence electrons. The number of nitriles is 1. The second kappa shape index (κ2) is 17.1. The molecule has 15 nitrogen and oxygen atoms in total. The van der Waals surface area contributed by atoms with E-state index in [0.717, 1.165) is 80.3 Å². The van der Waals surface area contributed by atoms with Crippen molar-refractivity contribution in [1.82, 2.24) is 25.0 Å². The van der Waals surface area contributed by atoms with E-state index in [9.17, 15) is 29.2 Å². The van der Waals surface area contributed by atoms with Crippen molar-refractivity contribution >= 4 is 63.3 Å². The standard InChI is InChI=1S/C47H49FN10O5/c1-3-33-28-56(39-10-6-31(25-49)43-36(39)5-4-16-50-43)29(2)26-57(33)47(63)51-32-7-11-40(38(48)23-32)55-17-14-30(15-18-55)27-53-19-21-54(22-20-53)34-8-9-35-37(24-34)46(62)58(45(35)61)41-12-13-42(59)52-44(41)60/h3-11,16,23-24,29-30,33,41H,1,12-15,17-22,26-28H2,2H3,(H,51,63)(H,52,59,60)/t29?,33-,41?/m1/s1. The molecule has 6 amide bonds. The van der Waals surface area contributed by atoms with Gasteiger partial charge in [0.15, 0.2) is 0 Å². The molecule has 6 heterocycles. The average molecular weight is 853 g/mol. The fourth-order valence-corrected chi connectivity index (χ4v) is 9.87.